The summed E-state index contributed by atoms with van der Waals surface area (Å²) < 4.78 is 10.2. The van der Waals surface area contributed by atoms with E-state index in [-0.39, 0.29) is 0 Å². The van der Waals surface area contributed by atoms with Gasteiger partial charge in [-0.1, -0.05) is 52.4 Å². The van der Waals surface area contributed by atoms with E-state index in [2.05, 4.69) is 55.0 Å². The largest absolute Gasteiger partial charge is 0.172 e. The first-order valence-corrected chi connectivity index (χ1v) is 8.21. The van der Waals surface area contributed by atoms with Crippen LogP contribution in [0.4, 0.5) is 0 Å². The van der Waals surface area contributed by atoms with E-state index in [1.165, 1.54) is 32.9 Å². The van der Waals surface area contributed by atoms with Gasteiger partial charge in [-0.3, -0.25) is 0 Å². The summed E-state index contributed by atoms with van der Waals surface area (Å²) in [6.45, 7) is 0. The summed E-state index contributed by atoms with van der Waals surface area (Å²) in [5.74, 6) is 0. The summed E-state index contributed by atoms with van der Waals surface area (Å²) in [6, 6.07) is 4.30. The number of fused-ring (bicyclic) bond motifs is 1. The summed E-state index contributed by atoms with van der Waals surface area (Å²) in [6.07, 6.45) is 10.0. The fraction of sp³-hybridized carbons (Fsp3) is 0.125. The number of allylic oxidation sites excluding steroid dienone is 8. The minimum absolute atomic E-state index is 0.793. The van der Waals surface area contributed by atoms with E-state index in [4.69, 9.17) is 7.85 Å². The second-order valence-electron chi connectivity index (χ2n) is 5.21. The zero-order valence-corrected chi connectivity index (χ0v) is 13.5. The molecule has 2 aliphatic carbocycles. The summed E-state index contributed by atoms with van der Waals surface area (Å²) in [4.78, 5) is 0. The van der Waals surface area contributed by atoms with E-state index in [1.54, 1.807) is 0 Å². The lowest BCUT2D eigenvalue weighted by Crippen LogP contribution is -1.91. The lowest BCUT2D eigenvalue weighted by Gasteiger charge is -2.09. The third-order valence-corrected chi connectivity index (χ3v) is 4.90. The van der Waals surface area contributed by atoms with Crippen molar-refractivity contribution < 1.29 is 0 Å². The highest BCUT2D eigenvalue weighted by atomic mass is 79.9. The van der Waals surface area contributed by atoms with Crippen LogP contribution in [0.3, 0.4) is 0 Å². The molecule has 4 rings (SSSR count). The molecule has 1 heterocycles. The van der Waals surface area contributed by atoms with Crippen molar-refractivity contribution in [3.05, 3.63) is 57.5 Å². The standard InChI is InChI=1S/C16H10BBrN2S/c17-11-3-1-9(7-11)13-5-6-14(10-2-4-12(18)8-10)16-15(13)19-21-20-16/h1-6H,7-8H2. The first-order valence-electron chi connectivity index (χ1n) is 6.69. The highest BCUT2D eigenvalue weighted by Crippen LogP contribution is 2.38. The number of rotatable bonds is 2. The van der Waals surface area contributed by atoms with Gasteiger partial charge in [-0.25, -0.2) is 0 Å². The van der Waals surface area contributed by atoms with Crippen LogP contribution < -0.4 is 0 Å². The Morgan fingerprint density at radius 1 is 0.905 bits per heavy atom. The maximum Gasteiger partial charge on any atom is 0.112 e. The zero-order chi connectivity index (χ0) is 14.4. The van der Waals surface area contributed by atoms with Gasteiger partial charge in [0.05, 0.1) is 11.7 Å². The lowest BCUT2D eigenvalue weighted by molar-refractivity contribution is 1.39. The Kier molecular flexibility index (Phi) is 3.19. The number of hydrogen-bond acceptors (Lipinski definition) is 3. The molecule has 2 nitrogen and oxygen atoms in total. The Morgan fingerprint density at radius 3 is 2.05 bits per heavy atom. The molecule has 0 amide bonds. The molecule has 0 spiro atoms. The first-order chi connectivity index (χ1) is 10.2. The Hall–Kier alpha value is -1.46. The number of halogens is 1. The van der Waals surface area contributed by atoms with Crippen molar-refractivity contribution in [3.63, 3.8) is 0 Å². The average Bonchev–Trinajstić information content (AvgIpc) is 3.18. The van der Waals surface area contributed by atoms with Crippen LogP contribution in [0.1, 0.15) is 24.0 Å². The van der Waals surface area contributed by atoms with Crippen molar-refractivity contribution in [2.75, 3.05) is 0 Å². The molecule has 0 saturated carbocycles. The van der Waals surface area contributed by atoms with Crippen LogP contribution in [0.15, 0.2) is 46.4 Å². The number of hydrogen-bond donors (Lipinski definition) is 0. The number of nitrogens with zero attached hydrogens (tertiary/aromatic N) is 2. The molecule has 0 unspecified atom stereocenters. The SMILES string of the molecule is [B]C1=CC=C(c2ccc(C3=CC=C(Br)C3)c3nsnc23)C1. The minimum Gasteiger partial charge on any atom is -0.172 e. The lowest BCUT2D eigenvalue weighted by atomic mass is 9.90. The van der Waals surface area contributed by atoms with Crippen molar-refractivity contribution in [1.82, 2.24) is 8.75 Å². The van der Waals surface area contributed by atoms with Gasteiger partial charge in [0.15, 0.2) is 0 Å². The summed E-state index contributed by atoms with van der Waals surface area (Å²) in [5, 5.41) is 0. The van der Waals surface area contributed by atoms with Gasteiger partial charge < -0.3 is 0 Å². The minimum atomic E-state index is 0.793. The average molecular weight is 353 g/mol. The Morgan fingerprint density at radius 2 is 1.52 bits per heavy atom. The fourth-order valence-corrected chi connectivity index (χ4v) is 3.80. The number of aromatic nitrogens is 2. The van der Waals surface area contributed by atoms with Crippen LogP contribution in [0.5, 0.6) is 0 Å². The van der Waals surface area contributed by atoms with Crippen LogP contribution in [0, 0.1) is 0 Å². The molecular weight excluding hydrogens is 343 g/mol. The van der Waals surface area contributed by atoms with Crippen molar-refractivity contribution >= 4 is 57.7 Å². The van der Waals surface area contributed by atoms with E-state index in [1.807, 2.05) is 6.08 Å². The number of benzene rings is 1. The van der Waals surface area contributed by atoms with Crippen LogP contribution >= 0.6 is 27.7 Å². The molecule has 2 aromatic rings. The van der Waals surface area contributed by atoms with Gasteiger partial charge in [0.1, 0.15) is 18.9 Å². The maximum atomic E-state index is 5.88. The molecular formula is C16H10BBrN2S. The molecule has 1 aromatic heterocycles. The molecule has 0 aliphatic heterocycles. The van der Waals surface area contributed by atoms with E-state index < -0.39 is 0 Å². The van der Waals surface area contributed by atoms with Gasteiger partial charge in [0, 0.05) is 17.5 Å². The highest BCUT2D eigenvalue weighted by Gasteiger charge is 2.18. The molecule has 21 heavy (non-hydrogen) atoms. The van der Waals surface area contributed by atoms with Gasteiger partial charge in [-0.05, 0) is 22.0 Å². The normalized spacial score (nSPS) is 17.8. The predicted octanol–water partition coefficient (Wildman–Crippen LogP) is 4.60. The van der Waals surface area contributed by atoms with E-state index in [9.17, 15) is 0 Å². The molecule has 0 atom stereocenters. The molecule has 0 fully saturated rings. The van der Waals surface area contributed by atoms with Crippen molar-refractivity contribution in [2.24, 2.45) is 0 Å². The molecule has 0 saturated heterocycles. The summed E-state index contributed by atoms with van der Waals surface area (Å²) in [5.41, 5.74) is 7.69. The summed E-state index contributed by atoms with van der Waals surface area (Å²) >= 11 is 4.82. The predicted molar refractivity (Wildman–Crippen MR) is 93.5 cm³/mol. The van der Waals surface area contributed by atoms with Crippen molar-refractivity contribution in [3.8, 4) is 0 Å². The second-order valence-corrected chi connectivity index (χ2v) is 6.76. The molecule has 2 radical (unpaired) electrons. The topological polar surface area (TPSA) is 25.8 Å². The Bertz CT molecular complexity index is 804. The van der Waals surface area contributed by atoms with Crippen LogP contribution in [0.2, 0.25) is 0 Å². The Labute approximate surface area is 136 Å². The van der Waals surface area contributed by atoms with E-state index in [0.29, 0.717) is 0 Å². The highest BCUT2D eigenvalue weighted by molar-refractivity contribution is 9.11. The van der Waals surface area contributed by atoms with Gasteiger partial charge in [0.25, 0.3) is 0 Å². The molecule has 100 valence electrons. The Balaban J connectivity index is 1.82. The molecule has 2 aliphatic rings. The molecule has 5 heteroatoms. The third kappa shape index (κ3) is 2.25. The molecule has 0 N–H and O–H groups in total. The van der Waals surface area contributed by atoms with Gasteiger partial charge in [0.2, 0.25) is 0 Å². The molecule has 1 aromatic carbocycles. The van der Waals surface area contributed by atoms with Crippen molar-refractivity contribution in [2.45, 2.75) is 12.8 Å². The smallest absolute Gasteiger partial charge is 0.112 e. The summed E-state index contributed by atoms with van der Waals surface area (Å²) in [7, 11) is 5.88. The monoisotopic (exact) mass is 352 g/mol. The van der Waals surface area contributed by atoms with E-state index >= 15 is 0 Å². The zero-order valence-electron chi connectivity index (χ0n) is 11.1. The van der Waals surface area contributed by atoms with Crippen LogP contribution in [0.25, 0.3) is 22.2 Å². The van der Waals surface area contributed by atoms with E-state index in [0.717, 1.165) is 34.9 Å². The first kappa shape index (κ1) is 13.2. The quantitative estimate of drug-likeness (QED) is 0.738. The van der Waals surface area contributed by atoms with Gasteiger partial charge >= 0.3 is 0 Å². The van der Waals surface area contributed by atoms with Gasteiger partial charge in [-0.2, -0.15) is 8.75 Å². The fourth-order valence-electron chi connectivity index (χ4n) is 2.79. The molecule has 0 bridgehead atoms. The van der Waals surface area contributed by atoms with Gasteiger partial charge in [-0.15, -0.1) is 5.47 Å². The maximum absolute atomic E-state index is 5.88. The third-order valence-electron chi connectivity index (χ3n) is 3.83. The van der Waals surface area contributed by atoms with Crippen molar-refractivity contribution in [1.29, 1.82) is 0 Å². The second kappa shape index (κ2) is 5.07. The van der Waals surface area contributed by atoms with Crippen LogP contribution in [-0.2, 0) is 0 Å². The van der Waals surface area contributed by atoms with Crippen LogP contribution in [-0.4, -0.2) is 16.6 Å².